The van der Waals surface area contributed by atoms with Crippen molar-refractivity contribution in [3.8, 4) is 5.75 Å². The van der Waals surface area contributed by atoms with Gasteiger partial charge >= 0.3 is 0 Å². The molecule has 1 amide bonds. The minimum absolute atomic E-state index is 0.0146. The Morgan fingerprint density at radius 2 is 1.65 bits per heavy atom. The van der Waals surface area contributed by atoms with Gasteiger partial charge in [0.25, 0.3) is 5.91 Å². The number of nitrogens with zero attached hydrogens (tertiary/aromatic N) is 2. The summed E-state index contributed by atoms with van der Waals surface area (Å²) in [4.78, 5) is 19.0. The topological polar surface area (TPSA) is 142 Å². The standard InChI is InChI=1S/C32H40N6O2/c1-19(2)14-29(34)37-32(36)25-11-13-28(33)27(17-25)31(35)24-9-8-23-16-26(12-10-22(23)15-24)40-18-30(39)38-20(3)6-5-7-21(38)4/h8-13,15-17,19-21,35H,5-7,14,18,33H2,1-4H3,(H3,34,36,37). The molecule has 2 unspecified atom stereocenters. The molecule has 0 radical (unpaired) electrons. The van der Waals surface area contributed by atoms with Crippen LogP contribution in [0.25, 0.3) is 10.8 Å². The number of hydrogen-bond donors (Lipinski definition) is 4. The molecule has 3 aromatic carbocycles. The average molecular weight is 541 g/mol. The summed E-state index contributed by atoms with van der Waals surface area (Å²) in [6.45, 7) is 8.31. The van der Waals surface area contributed by atoms with Gasteiger partial charge in [-0.05, 0) is 86.2 Å². The number of aliphatic imine (C=N–C) groups is 1. The normalized spacial score (nSPS) is 17.7. The summed E-state index contributed by atoms with van der Waals surface area (Å²) >= 11 is 0. The molecule has 40 heavy (non-hydrogen) atoms. The second-order valence-corrected chi connectivity index (χ2v) is 11.2. The van der Waals surface area contributed by atoms with Gasteiger partial charge in [-0.15, -0.1) is 0 Å². The summed E-state index contributed by atoms with van der Waals surface area (Å²) in [5, 5.41) is 19.1. The van der Waals surface area contributed by atoms with Crippen molar-refractivity contribution in [1.82, 2.24) is 4.90 Å². The molecule has 0 aromatic heterocycles. The number of hydrogen-bond acceptors (Lipinski definition) is 5. The lowest BCUT2D eigenvalue weighted by Crippen LogP contribution is -2.49. The molecular formula is C32H40N6O2. The summed E-state index contributed by atoms with van der Waals surface area (Å²) in [6, 6.07) is 17.0. The second-order valence-electron chi connectivity index (χ2n) is 11.2. The lowest BCUT2D eigenvalue weighted by atomic mass is 9.96. The van der Waals surface area contributed by atoms with E-state index in [2.05, 4.69) is 18.8 Å². The SMILES string of the molecule is CC(C)CC(N)=NC(=N)c1ccc(N)c(C(=N)c2ccc3cc(OCC(=O)N4C(C)CCCC4C)ccc3c2)c1. The maximum atomic E-state index is 12.8. The Hall–Kier alpha value is -4.20. The number of rotatable bonds is 8. The Morgan fingerprint density at radius 1 is 1.00 bits per heavy atom. The van der Waals surface area contributed by atoms with E-state index in [1.165, 1.54) is 0 Å². The van der Waals surface area contributed by atoms with Crippen molar-refractivity contribution in [3.05, 3.63) is 71.3 Å². The van der Waals surface area contributed by atoms with Crippen LogP contribution in [0, 0.1) is 16.7 Å². The van der Waals surface area contributed by atoms with Crippen LogP contribution in [0.2, 0.25) is 0 Å². The lowest BCUT2D eigenvalue weighted by Gasteiger charge is -2.38. The third-order valence-electron chi connectivity index (χ3n) is 7.41. The Kier molecular flexibility index (Phi) is 8.87. The number of anilines is 1. The zero-order chi connectivity index (χ0) is 29.0. The number of benzene rings is 3. The minimum Gasteiger partial charge on any atom is -0.484 e. The van der Waals surface area contributed by atoms with Crippen molar-refractivity contribution in [3.63, 3.8) is 0 Å². The van der Waals surface area contributed by atoms with E-state index in [-0.39, 0.29) is 36.1 Å². The van der Waals surface area contributed by atoms with E-state index in [1.54, 1.807) is 18.2 Å². The highest BCUT2D eigenvalue weighted by molar-refractivity contribution is 6.16. The molecular weight excluding hydrogens is 500 g/mol. The summed E-state index contributed by atoms with van der Waals surface area (Å²) in [7, 11) is 0. The molecule has 2 atom stereocenters. The highest BCUT2D eigenvalue weighted by atomic mass is 16.5. The van der Waals surface area contributed by atoms with Crippen LogP contribution in [-0.4, -0.2) is 46.9 Å². The van der Waals surface area contributed by atoms with Gasteiger partial charge in [-0.2, -0.15) is 0 Å². The smallest absolute Gasteiger partial charge is 0.260 e. The predicted octanol–water partition coefficient (Wildman–Crippen LogP) is 5.74. The molecule has 3 aromatic rings. The highest BCUT2D eigenvalue weighted by Gasteiger charge is 2.29. The van der Waals surface area contributed by atoms with Crippen LogP contribution in [0.5, 0.6) is 5.75 Å². The molecule has 0 bridgehead atoms. The minimum atomic E-state index is 0.0146. The lowest BCUT2D eigenvalue weighted by molar-refractivity contribution is -0.139. The van der Waals surface area contributed by atoms with Crippen molar-refractivity contribution in [2.24, 2.45) is 16.6 Å². The van der Waals surface area contributed by atoms with E-state index in [0.717, 1.165) is 30.0 Å². The zero-order valence-electron chi connectivity index (χ0n) is 23.8. The summed E-state index contributed by atoms with van der Waals surface area (Å²) < 4.78 is 5.88. The maximum Gasteiger partial charge on any atom is 0.260 e. The molecule has 0 spiro atoms. The van der Waals surface area contributed by atoms with Crippen molar-refractivity contribution in [2.75, 3.05) is 12.3 Å². The molecule has 210 valence electrons. The Morgan fingerprint density at radius 3 is 2.35 bits per heavy atom. The number of carbonyl (C=O) groups is 1. The molecule has 6 N–H and O–H groups in total. The van der Waals surface area contributed by atoms with Gasteiger partial charge in [0, 0.05) is 40.9 Å². The third-order valence-corrected chi connectivity index (χ3v) is 7.41. The van der Waals surface area contributed by atoms with Gasteiger partial charge in [0.05, 0.1) is 5.71 Å². The Balaban J connectivity index is 1.49. The van der Waals surface area contributed by atoms with Crippen LogP contribution in [0.3, 0.4) is 0 Å². The van der Waals surface area contributed by atoms with Crippen LogP contribution >= 0.6 is 0 Å². The number of nitrogen functional groups attached to an aromatic ring is 1. The molecule has 1 heterocycles. The van der Waals surface area contributed by atoms with Crippen LogP contribution in [0.4, 0.5) is 5.69 Å². The molecule has 8 nitrogen and oxygen atoms in total. The number of likely N-dealkylation sites (tertiary alicyclic amines) is 1. The first kappa shape index (κ1) is 28.8. The molecule has 8 heteroatoms. The van der Waals surface area contributed by atoms with E-state index >= 15 is 0 Å². The first-order valence-corrected chi connectivity index (χ1v) is 13.9. The van der Waals surface area contributed by atoms with Gasteiger partial charge in [-0.1, -0.05) is 32.0 Å². The molecule has 1 aliphatic heterocycles. The van der Waals surface area contributed by atoms with Gasteiger partial charge in [0.1, 0.15) is 11.6 Å². The third kappa shape index (κ3) is 6.68. The summed E-state index contributed by atoms with van der Waals surface area (Å²) in [6.07, 6.45) is 3.82. The first-order valence-electron chi connectivity index (χ1n) is 13.9. The molecule has 1 saturated heterocycles. The maximum absolute atomic E-state index is 12.8. The fraction of sp³-hybridized carbons (Fsp3) is 0.375. The van der Waals surface area contributed by atoms with E-state index < -0.39 is 0 Å². The van der Waals surface area contributed by atoms with Gasteiger partial charge in [-0.25, -0.2) is 4.99 Å². The summed E-state index contributed by atoms with van der Waals surface area (Å²) in [5.41, 5.74) is 14.7. The zero-order valence-corrected chi connectivity index (χ0v) is 23.8. The molecule has 0 saturated carbocycles. The monoisotopic (exact) mass is 540 g/mol. The number of amides is 1. The first-order chi connectivity index (χ1) is 19.0. The van der Waals surface area contributed by atoms with Crippen LogP contribution in [0.15, 0.2) is 59.6 Å². The fourth-order valence-electron chi connectivity index (χ4n) is 5.35. The average Bonchev–Trinajstić information content (AvgIpc) is 2.90. The van der Waals surface area contributed by atoms with Crippen molar-refractivity contribution in [1.29, 1.82) is 10.8 Å². The van der Waals surface area contributed by atoms with Crippen molar-refractivity contribution < 1.29 is 9.53 Å². The fourth-order valence-corrected chi connectivity index (χ4v) is 5.35. The van der Waals surface area contributed by atoms with Crippen LogP contribution < -0.4 is 16.2 Å². The van der Waals surface area contributed by atoms with E-state index in [1.807, 2.05) is 55.1 Å². The molecule has 0 aliphatic carbocycles. The highest BCUT2D eigenvalue weighted by Crippen LogP contribution is 2.26. The van der Waals surface area contributed by atoms with Gasteiger partial charge in [0.2, 0.25) is 0 Å². The summed E-state index contributed by atoms with van der Waals surface area (Å²) in [5.74, 6) is 1.45. The number of amidine groups is 2. The van der Waals surface area contributed by atoms with Gasteiger partial charge < -0.3 is 21.1 Å². The molecule has 4 rings (SSSR count). The van der Waals surface area contributed by atoms with Crippen LogP contribution in [-0.2, 0) is 4.79 Å². The van der Waals surface area contributed by atoms with E-state index in [4.69, 9.17) is 27.0 Å². The van der Waals surface area contributed by atoms with Crippen LogP contribution in [0.1, 0.15) is 70.1 Å². The number of nitrogens with one attached hydrogen (secondary N) is 2. The Labute approximate surface area is 236 Å². The quantitative estimate of drug-likeness (QED) is 0.164. The number of piperidine rings is 1. The Bertz CT molecular complexity index is 1450. The number of carbonyl (C=O) groups excluding carboxylic acids is 1. The second kappa shape index (κ2) is 12.3. The largest absolute Gasteiger partial charge is 0.484 e. The van der Waals surface area contributed by atoms with Gasteiger partial charge in [-0.3, -0.25) is 15.6 Å². The van der Waals surface area contributed by atoms with Gasteiger partial charge in [0.15, 0.2) is 12.4 Å². The van der Waals surface area contributed by atoms with Crippen molar-refractivity contribution in [2.45, 2.75) is 65.5 Å². The predicted molar refractivity (Wildman–Crippen MR) is 164 cm³/mol. The number of fused-ring (bicyclic) bond motifs is 1. The van der Waals surface area contributed by atoms with E-state index in [9.17, 15) is 4.79 Å². The van der Waals surface area contributed by atoms with E-state index in [0.29, 0.717) is 46.3 Å². The number of nitrogens with two attached hydrogens (primary N) is 2. The molecule has 1 aliphatic rings. The van der Waals surface area contributed by atoms with Crippen molar-refractivity contribution >= 4 is 39.7 Å². The number of ether oxygens (including phenoxy) is 1. The molecule has 1 fully saturated rings.